The van der Waals surface area contributed by atoms with Gasteiger partial charge in [0.15, 0.2) is 0 Å². The van der Waals surface area contributed by atoms with Crippen molar-refractivity contribution < 1.29 is 14.3 Å². The lowest BCUT2D eigenvalue weighted by atomic mass is 10.2. The first-order valence-electron chi connectivity index (χ1n) is 6.86. The van der Waals surface area contributed by atoms with Gasteiger partial charge in [0.25, 0.3) is 5.91 Å². The second-order valence-corrected chi connectivity index (χ2v) is 4.44. The molecule has 0 saturated heterocycles. The largest absolute Gasteiger partial charge is 0.497 e. The van der Waals surface area contributed by atoms with Gasteiger partial charge < -0.3 is 15.4 Å². The smallest absolute Gasteiger partial charge is 0.251 e. The van der Waals surface area contributed by atoms with E-state index >= 15 is 0 Å². The molecule has 5 nitrogen and oxygen atoms in total. The predicted molar refractivity (Wildman–Crippen MR) is 77.9 cm³/mol. The van der Waals surface area contributed by atoms with E-state index in [-0.39, 0.29) is 11.8 Å². The molecule has 110 valence electrons. The van der Waals surface area contributed by atoms with E-state index in [0.717, 1.165) is 12.8 Å². The number of amides is 2. The fourth-order valence-corrected chi connectivity index (χ4v) is 1.65. The molecule has 1 rings (SSSR count). The van der Waals surface area contributed by atoms with Crippen LogP contribution in [0.1, 0.15) is 36.5 Å². The summed E-state index contributed by atoms with van der Waals surface area (Å²) in [5, 5.41) is 5.52. The number of carbonyl (C=O) groups excluding carboxylic acids is 2. The van der Waals surface area contributed by atoms with Crippen LogP contribution >= 0.6 is 0 Å². The van der Waals surface area contributed by atoms with Crippen LogP contribution in [0.5, 0.6) is 5.75 Å². The Morgan fingerprint density at radius 1 is 1.10 bits per heavy atom. The number of benzene rings is 1. The lowest BCUT2D eigenvalue weighted by molar-refractivity contribution is -0.121. The van der Waals surface area contributed by atoms with Crippen LogP contribution in [0.25, 0.3) is 0 Å². The molecule has 5 heteroatoms. The fraction of sp³-hybridized carbons (Fsp3) is 0.467. The molecule has 20 heavy (non-hydrogen) atoms. The van der Waals surface area contributed by atoms with Gasteiger partial charge in [-0.1, -0.05) is 13.3 Å². The van der Waals surface area contributed by atoms with E-state index in [1.54, 1.807) is 31.4 Å². The first kappa shape index (κ1) is 16.0. The first-order chi connectivity index (χ1) is 9.67. The van der Waals surface area contributed by atoms with Gasteiger partial charge in [0, 0.05) is 25.1 Å². The molecule has 0 saturated carbocycles. The molecule has 0 fully saturated rings. The van der Waals surface area contributed by atoms with Gasteiger partial charge in [0.1, 0.15) is 5.75 Å². The molecule has 0 heterocycles. The zero-order valence-electron chi connectivity index (χ0n) is 12.1. The highest BCUT2D eigenvalue weighted by Crippen LogP contribution is 2.10. The number of nitrogens with one attached hydrogen (secondary N) is 2. The standard InChI is InChI=1S/C15H22N2O3/c1-3-4-5-14(18)16-10-11-17-15(19)12-6-8-13(20-2)9-7-12/h6-9H,3-5,10-11H2,1-2H3,(H,16,18)(H,17,19). The van der Waals surface area contributed by atoms with Crippen LogP contribution in [0.3, 0.4) is 0 Å². The molecule has 2 N–H and O–H groups in total. The number of unbranched alkanes of at least 4 members (excludes halogenated alkanes) is 1. The van der Waals surface area contributed by atoms with Crippen LogP contribution in [-0.4, -0.2) is 32.0 Å². The summed E-state index contributed by atoms with van der Waals surface area (Å²) in [6.07, 6.45) is 2.44. The molecule has 0 bridgehead atoms. The van der Waals surface area contributed by atoms with Crippen molar-refractivity contribution in [2.75, 3.05) is 20.2 Å². The predicted octanol–water partition coefficient (Wildman–Crippen LogP) is 1.73. The second-order valence-electron chi connectivity index (χ2n) is 4.44. The summed E-state index contributed by atoms with van der Waals surface area (Å²) in [6, 6.07) is 6.88. The van der Waals surface area contributed by atoms with E-state index in [4.69, 9.17) is 4.74 Å². The first-order valence-corrected chi connectivity index (χ1v) is 6.86. The third-order valence-electron chi connectivity index (χ3n) is 2.84. The van der Waals surface area contributed by atoms with Gasteiger partial charge in [0.2, 0.25) is 5.91 Å². The summed E-state index contributed by atoms with van der Waals surface area (Å²) in [5.41, 5.74) is 0.572. The third kappa shape index (κ3) is 5.73. The van der Waals surface area contributed by atoms with Crippen molar-refractivity contribution >= 4 is 11.8 Å². The number of rotatable bonds is 8. The minimum Gasteiger partial charge on any atom is -0.497 e. The normalized spacial score (nSPS) is 9.90. The van der Waals surface area contributed by atoms with E-state index in [9.17, 15) is 9.59 Å². The minimum atomic E-state index is -0.157. The number of hydrogen-bond donors (Lipinski definition) is 2. The summed E-state index contributed by atoms with van der Waals surface area (Å²) in [5.74, 6) is 0.589. The van der Waals surface area contributed by atoms with E-state index < -0.39 is 0 Å². The molecule has 1 aromatic rings. The van der Waals surface area contributed by atoms with Crippen molar-refractivity contribution in [1.29, 1.82) is 0 Å². The summed E-state index contributed by atoms with van der Waals surface area (Å²) in [4.78, 5) is 23.1. The molecule has 0 aliphatic heterocycles. The summed E-state index contributed by atoms with van der Waals surface area (Å²) < 4.78 is 5.03. The van der Waals surface area contributed by atoms with E-state index in [1.807, 2.05) is 6.92 Å². The molecule has 1 aromatic carbocycles. The third-order valence-corrected chi connectivity index (χ3v) is 2.84. The lowest BCUT2D eigenvalue weighted by Gasteiger charge is -2.07. The van der Waals surface area contributed by atoms with E-state index in [2.05, 4.69) is 10.6 Å². The quantitative estimate of drug-likeness (QED) is 0.712. The van der Waals surface area contributed by atoms with Crippen LogP contribution < -0.4 is 15.4 Å². The minimum absolute atomic E-state index is 0.0329. The lowest BCUT2D eigenvalue weighted by Crippen LogP contribution is -2.34. The molecule has 0 aromatic heterocycles. The maximum Gasteiger partial charge on any atom is 0.251 e. The van der Waals surface area contributed by atoms with Crippen LogP contribution in [0, 0.1) is 0 Å². The Balaban J connectivity index is 2.24. The van der Waals surface area contributed by atoms with Gasteiger partial charge >= 0.3 is 0 Å². The van der Waals surface area contributed by atoms with Crippen LogP contribution in [0.15, 0.2) is 24.3 Å². The fourth-order valence-electron chi connectivity index (χ4n) is 1.65. The Bertz CT molecular complexity index is 429. The second kappa shape index (κ2) is 8.96. The molecule has 0 spiro atoms. The van der Waals surface area contributed by atoms with E-state index in [1.165, 1.54) is 0 Å². The van der Waals surface area contributed by atoms with Gasteiger partial charge in [-0.3, -0.25) is 9.59 Å². The Morgan fingerprint density at radius 3 is 2.35 bits per heavy atom. The van der Waals surface area contributed by atoms with Gasteiger partial charge in [-0.2, -0.15) is 0 Å². The van der Waals surface area contributed by atoms with Gasteiger partial charge in [-0.05, 0) is 30.7 Å². The zero-order chi connectivity index (χ0) is 14.8. The Morgan fingerprint density at radius 2 is 1.75 bits per heavy atom. The maximum atomic E-state index is 11.8. The number of ether oxygens (including phenoxy) is 1. The van der Waals surface area contributed by atoms with E-state index in [0.29, 0.717) is 30.8 Å². The average molecular weight is 278 g/mol. The summed E-state index contributed by atoms with van der Waals surface area (Å²) in [7, 11) is 1.58. The Hall–Kier alpha value is -2.04. The molecule has 0 atom stereocenters. The van der Waals surface area contributed by atoms with Crippen LogP contribution in [0.2, 0.25) is 0 Å². The highest BCUT2D eigenvalue weighted by atomic mass is 16.5. The molecule has 0 radical (unpaired) electrons. The van der Waals surface area contributed by atoms with Gasteiger partial charge in [-0.25, -0.2) is 0 Å². The van der Waals surface area contributed by atoms with Gasteiger partial charge in [-0.15, -0.1) is 0 Å². The summed E-state index contributed by atoms with van der Waals surface area (Å²) in [6.45, 7) is 2.91. The van der Waals surface area contributed by atoms with Crippen LogP contribution in [-0.2, 0) is 4.79 Å². The number of methoxy groups -OCH3 is 1. The monoisotopic (exact) mass is 278 g/mol. The Kier molecular flexibility index (Phi) is 7.17. The molecule has 0 aliphatic rings. The number of carbonyl (C=O) groups is 2. The number of hydrogen-bond acceptors (Lipinski definition) is 3. The SMILES string of the molecule is CCCCC(=O)NCCNC(=O)c1ccc(OC)cc1. The summed E-state index contributed by atoms with van der Waals surface area (Å²) >= 11 is 0. The molecule has 0 unspecified atom stereocenters. The molecule has 2 amide bonds. The average Bonchev–Trinajstić information content (AvgIpc) is 2.49. The van der Waals surface area contributed by atoms with Crippen molar-refractivity contribution in [2.24, 2.45) is 0 Å². The topological polar surface area (TPSA) is 67.4 Å². The molecular formula is C15H22N2O3. The van der Waals surface area contributed by atoms with Crippen LogP contribution in [0.4, 0.5) is 0 Å². The maximum absolute atomic E-state index is 11.8. The zero-order valence-corrected chi connectivity index (χ0v) is 12.1. The van der Waals surface area contributed by atoms with Crippen molar-refractivity contribution in [1.82, 2.24) is 10.6 Å². The molecule has 0 aliphatic carbocycles. The van der Waals surface area contributed by atoms with Crippen molar-refractivity contribution in [3.8, 4) is 5.75 Å². The molecular weight excluding hydrogens is 256 g/mol. The van der Waals surface area contributed by atoms with Gasteiger partial charge in [0.05, 0.1) is 7.11 Å². The van der Waals surface area contributed by atoms with Crippen molar-refractivity contribution in [3.05, 3.63) is 29.8 Å². The Labute approximate surface area is 119 Å². The highest BCUT2D eigenvalue weighted by Gasteiger charge is 2.05. The highest BCUT2D eigenvalue weighted by molar-refractivity contribution is 5.94. The van der Waals surface area contributed by atoms with Crippen molar-refractivity contribution in [2.45, 2.75) is 26.2 Å². The van der Waals surface area contributed by atoms with Crippen molar-refractivity contribution in [3.63, 3.8) is 0 Å².